The molecule has 1 unspecified atom stereocenters. The molecule has 1 amide bonds. The first-order valence-corrected chi connectivity index (χ1v) is 9.99. The molecule has 6 nitrogen and oxygen atoms in total. The molecule has 3 aromatic rings. The molecular weight excluding hydrogens is 418 g/mol. The summed E-state index contributed by atoms with van der Waals surface area (Å²) in [6, 6.07) is 11.3. The highest BCUT2D eigenvalue weighted by Gasteiger charge is 2.28. The number of pyridine rings is 1. The Morgan fingerprint density at radius 2 is 2.23 bits per heavy atom. The second-order valence-corrected chi connectivity index (χ2v) is 7.76. The van der Waals surface area contributed by atoms with E-state index in [0.29, 0.717) is 29.9 Å². The van der Waals surface area contributed by atoms with Crippen molar-refractivity contribution >= 4 is 44.7 Å². The van der Waals surface area contributed by atoms with Crippen LogP contribution >= 0.6 is 27.7 Å². The third-order valence-electron chi connectivity index (χ3n) is 4.08. The Kier molecular flexibility index (Phi) is 5.12. The highest BCUT2D eigenvalue weighted by molar-refractivity contribution is 9.10. The van der Waals surface area contributed by atoms with Crippen LogP contribution in [0.25, 0.3) is 11.1 Å². The second kappa shape index (κ2) is 7.67. The van der Waals surface area contributed by atoms with Crippen LogP contribution in [0.2, 0.25) is 0 Å². The third-order valence-corrected chi connectivity index (χ3v) is 5.36. The summed E-state index contributed by atoms with van der Waals surface area (Å²) in [7, 11) is 0. The van der Waals surface area contributed by atoms with Crippen LogP contribution in [0.1, 0.15) is 6.42 Å². The fraction of sp³-hybridized carbons (Fsp3) is 0.278. The van der Waals surface area contributed by atoms with E-state index in [1.165, 1.54) is 11.8 Å². The molecule has 1 aliphatic heterocycles. The zero-order valence-corrected chi connectivity index (χ0v) is 16.2. The van der Waals surface area contributed by atoms with Gasteiger partial charge in [-0.15, -0.1) is 0 Å². The minimum absolute atomic E-state index is 0.0260. The van der Waals surface area contributed by atoms with Crippen molar-refractivity contribution in [1.82, 2.24) is 14.9 Å². The van der Waals surface area contributed by atoms with Gasteiger partial charge in [0, 0.05) is 29.7 Å². The van der Waals surface area contributed by atoms with Crippen LogP contribution in [-0.4, -0.2) is 45.7 Å². The first-order chi connectivity index (χ1) is 12.7. The summed E-state index contributed by atoms with van der Waals surface area (Å²) < 4.78 is 12.4. The summed E-state index contributed by atoms with van der Waals surface area (Å²) in [5.41, 5.74) is 1.54. The van der Waals surface area contributed by atoms with Gasteiger partial charge in [-0.2, -0.15) is 0 Å². The van der Waals surface area contributed by atoms with E-state index < -0.39 is 0 Å². The number of carbonyl (C=O) groups excluding carboxylic acids is 1. The summed E-state index contributed by atoms with van der Waals surface area (Å²) in [6.45, 7) is 1.26. The number of para-hydroxylation sites is 2. The molecule has 0 aliphatic carbocycles. The molecule has 0 radical (unpaired) electrons. The SMILES string of the molecule is O=C(CSc1nc2ccccc2o1)N1CCC(Oc2ccc(Br)cn2)C1. The average Bonchev–Trinajstić information content (AvgIpc) is 3.28. The number of oxazole rings is 1. The van der Waals surface area contributed by atoms with Crippen LogP contribution in [-0.2, 0) is 4.79 Å². The van der Waals surface area contributed by atoms with Crippen molar-refractivity contribution in [2.45, 2.75) is 17.7 Å². The predicted molar refractivity (Wildman–Crippen MR) is 102 cm³/mol. The number of nitrogens with zero attached hydrogens (tertiary/aromatic N) is 3. The number of fused-ring (bicyclic) bond motifs is 1. The number of benzene rings is 1. The standard InChI is InChI=1S/C18H16BrN3O3S/c19-12-5-6-16(20-9-12)24-13-7-8-22(10-13)17(23)11-26-18-21-14-3-1-2-4-15(14)25-18/h1-6,9,13H,7-8,10-11H2. The van der Waals surface area contributed by atoms with E-state index in [1.807, 2.05) is 41.3 Å². The molecule has 1 aliphatic rings. The Hall–Kier alpha value is -2.06. The van der Waals surface area contributed by atoms with Crippen LogP contribution in [0, 0.1) is 0 Å². The first kappa shape index (κ1) is 17.4. The Labute approximate surface area is 163 Å². The molecule has 4 rings (SSSR count). The molecule has 0 saturated carbocycles. The molecule has 1 fully saturated rings. The van der Waals surface area contributed by atoms with Crippen molar-refractivity contribution in [2.24, 2.45) is 0 Å². The first-order valence-electron chi connectivity index (χ1n) is 8.22. The maximum absolute atomic E-state index is 12.4. The number of hydrogen-bond acceptors (Lipinski definition) is 6. The van der Waals surface area contributed by atoms with Crippen LogP contribution in [0.15, 0.2) is 56.7 Å². The van der Waals surface area contributed by atoms with E-state index in [2.05, 4.69) is 25.9 Å². The number of amides is 1. The largest absolute Gasteiger partial charge is 0.472 e. The van der Waals surface area contributed by atoms with Gasteiger partial charge in [-0.1, -0.05) is 23.9 Å². The monoisotopic (exact) mass is 433 g/mol. The maximum Gasteiger partial charge on any atom is 0.257 e. The van der Waals surface area contributed by atoms with Gasteiger partial charge >= 0.3 is 0 Å². The molecule has 1 aromatic carbocycles. The number of aromatic nitrogens is 2. The molecule has 0 bridgehead atoms. The van der Waals surface area contributed by atoms with Gasteiger partial charge in [-0.05, 0) is 34.1 Å². The summed E-state index contributed by atoms with van der Waals surface area (Å²) in [6.07, 6.45) is 2.48. The Morgan fingerprint density at radius 3 is 3.04 bits per heavy atom. The van der Waals surface area contributed by atoms with Crippen molar-refractivity contribution < 1.29 is 13.9 Å². The van der Waals surface area contributed by atoms with Crippen LogP contribution in [0.5, 0.6) is 5.88 Å². The Balaban J connectivity index is 1.29. The Bertz CT molecular complexity index is 882. The Morgan fingerprint density at radius 1 is 1.35 bits per heavy atom. The fourth-order valence-electron chi connectivity index (χ4n) is 2.78. The fourth-order valence-corrected chi connectivity index (χ4v) is 3.76. The molecule has 134 valence electrons. The molecule has 0 spiro atoms. The number of carbonyl (C=O) groups is 1. The summed E-state index contributed by atoms with van der Waals surface area (Å²) in [4.78, 5) is 22.8. The van der Waals surface area contributed by atoms with Gasteiger partial charge in [0.15, 0.2) is 5.58 Å². The van der Waals surface area contributed by atoms with Crippen molar-refractivity contribution in [1.29, 1.82) is 0 Å². The number of likely N-dealkylation sites (tertiary alicyclic amines) is 1. The van der Waals surface area contributed by atoms with Crippen molar-refractivity contribution in [3.05, 3.63) is 47.1 Å². The molecule has 2 aromatic heterocycles. The number of ether oxygens (including phenoxy) is 1. The smallest absolute Gasteiger partial charge is 0.257 e. The number of rotatable bonds is 5. The van der Waals surface area contributed by atoms with Crippen molar-refractivity contribution in [3.8, 4) is 5.88 Å². The molecular formula is C18H16BrN3O3S. The molecule has 3 heterocycles. The number of halogens is 1. The molecule has 8 heteroatoms. The highest BCUT2D eigenvalue weighted by Crippen LogP contribution is 2.24. The van der Waals surface area contributed by atoms with Crippen LogP contribution < -0.4 is 4.74 Å². The van der Waals surface area contributed by atoms with Crippen molar-refractivity contribution in [2.75, 3.05) is 18.8 Å². The van der Waals surface area contributed by atoms with Gasteiger partial charge in [-0.25, -0.2) is 9.97 Å². The third kappa shape index (κ3) is 4.02. The van der Waals surface area contributed by atoms with Gasteiger partial charge < -0.3 is 14.1 Å². The minimum atomic E-state index is -0.0260. The van der Waals surface area contributed by atoms with E-state index in [9.17, 15) is 4.79 Å². The summed E-state index contributed by atoms with van der Waals surface area (Å²) in [5, 5.41) is 0.519. The average molecular weight is 434 g/mol. The number of hydrogen-bond donors (Lipinski definition) is 0. The topological polar surface area (TPSA) is 68.5 Å². The molecule has 1 atom stereocenters. The van der Waals surface area contributed by atoms with Gasteiger partial charge in [0.25, 0.3) is 5.22 Å². The van der Waals surface area contributed by atoms with E-state index in [1.54, 1.807) is 6.20 Å². The normalized spacial score (nSPS) is 17.0. The maximum atomic E-state index is 12.4. The molecule has 1 saturated heterocycles. The van der Waals surface area contributed by atoms with Crippen LogP contribution in [0.4, 0.5) is 0 Å². The van der Waals surface area contributed by atoms with Gasteiger partial charge in [0.1, 0.15) is 11.6 Å². The predicted octanol–water partition coefficient (Wildman–Crippen LogP) is 3.76. The molecule has 0 N–H and O–H groups in total. The van der Waals surface area contributed by atoms with Crippen molar-refractivity contribution in [3.63, 3.8) is 0 Å². The second-order valence-electron chi connectivity index (χ2n) is 5.92. The van der Waals surface area contributed by atoms with E-state index in [-0.39, 0.29) is 12.0 Å². The zero-order chi connectivity index (χ0) is 17.9. The summed E-state index contributed by atoms with van der Waals surface area (Å²) >= 11 is 4.67. The van der Waals surface area contributed by atoms with Gasteiger partial charge in [0.2, 0.25) is 11.8 Å². The van der Waals surface area contributed by atoms with E-state index in [0.717, 1.165) is 22.0 Å². The highest BCUT2D eigenvalue weighted by atomic mass is 79.9. The van der Waals surface area contributed by atoms with Crippen LogP contribution in [0.3, 0.4) is 0 Å². The zero-order valence-electron chi connectivity index (χ0n) is 13.8. The minimum Gasteiger partial charge on any atom is -0.472 e. The van der Waals surface area contributed by atoms with E-state index >= 15 is 0 Å². The number of thioether (sulfide) groups is 1. The lowest BCUT2D eigenvalue weighted by Crippen LogP contribution is -2.32. The van der Waals surface area contributed by atoms with Gasteiger partial charge in [0.05, 0.1) is 12.3 Å². The molecule has 26 heavy (non-hydrogen) atoms. The summed E-state index contributed by atoms with van der Waals surface area (Å²) in [5.74, 6) is 0.941. The lowest BCUT2D eigenvalue weighted by molar-refractivity contribution is -0.127. The van der Waals surface area contributed by atoms with E-state index in [4.69, 9.17) is 9.15 Å². The quantitative estimate of drug-likeness (QED) is 0.570. The lowest BCUT2D eigenvalue weighted by atomic mass is 10.3. The lowest BCUT2D eigenvalue weighted by Gasteiger charge is -2.16. The van der Waals surface area contributed by atoms with Gasteiger partial charge in [-0.3, -0.25) is 4.79 Å².